The molecule has 1 fully saturated rings. The predicted octanol–water partition coefficient (Wildman–Crippen LogP) is 4.24. The smallest absolute Gasteiger partial charge is 0.414 e. The highest BCUT2D eigenvalue weighted by atomic mass is 16.6. The Kier molecular flexibility index (Phi) is 5.72. The van der Waals surface area contributed by atoms with E-state index in [4.69, 9.17) is 9.47 Å². The molecule has 0 bridgehead atoms. The molecule has 0 aromatic heterocycles. The lowest BCUT2D eigenvalue weighted by molar-refractivity contribution is 0.0635. The molecule has 1 heterocycles. The van der Waals surface area contributed by atoms with Crippen LogP contribution in [0.5, 0.6) is 0 Å². The SMILES string of the molecule is CC(C)(C)OC(=O)Nc1ccc(C(=O)Nc2cccc(N3CCOC3=O)c2)cc1. The van der Waals surface area contributed by atoms with Crippen molar-refractivity contribution in [3.05, 3.63) is 54.1 Å². The maximum Gasteiger partial charge on any atom is 0.414 e. The Bertz CT molecular complexity index is 919. The molecule has 2 N–H and O–H groups in total. The van der Waals surface area contributed by atoms with Crippen molar-refractivity contribution in [2.24, 2.45) is 0 Å². The molecule has 0 atom stereocenters. The topological polar surface area (TPSA) is 97.0 Å². The Balaban J connectivity index is 1.62. The second-order valence-electron chi connectivity index (χ2n) is 7.47. The van der Waals surface area contributed by atoms with Gasteiger partial charge in [-0.25, -0.2) is 9.59 Å². The average Bonchev–Trinajstić information content (AvgIpc) is 3.07. The normalized spacial score (nSPS) is 13.6. The van der Waals surface area contributed by atoms with Gasteiger partial charge in [0.15, 0.2) is 0 Å². The second kappa shape index (κ2) is 8.22. The molecule has 152 valence electrons. The van der Waals surface area contributed by atoms with Crippen LogP contribution in [0.25, 0.3) is 0 Å². The van der Waals surface area contributed by atoms with E-state index in [0.29, 0.717) is 35.8 Å². The van der Waals surface area contributed by atoms with Crippen LogP contribution in [0.4, 0.5) is 26.7 Å². The maximum atomic E-state index is 12.5. The lowest BCUT2D eigenvalue weighted by Crippen LogP contribution is -2.27. The Labute approximate surface area is 168 Å². The summed E-state index contributed by atoms with van der Waals surface area (Å²) in [4.78, 5) is 37.5. The number of anilines is 3. The van der Waals surface area contributed by atoms with Gasteiger partial charge in [0.2, 0.25) is 0 Å². The Morgan fingerprint density at radius 3 is 2.38 bits per heavy atom. The van der Waals surface area contributed by atoms with Crippen LogP contribution in [0.3, 0.4) is 0 Å². The Morgan fingerprint density at radius 1 is 1.03 bits per heavy atom. The number of carbonyl (C=O) groups excluding carboxylic acids is 3. The molecule has 8 nitrogen and oxygen atoms in total. The van der Waals surface area contributed by atoms with Gasteiger partial charge in [-0.05, 0) is 63.2 Å². The number of nitrogens with one attached hydrogen (secondary N) is 2. The summed E-state index contributed by atoms with van der Waals surface area (Å²) in [6.07, 6.45) is -0.964. The molecule has 0 unspecified atom stereocenters. The molecule has 2 aromatic carbocycles. The van der Waals surface area contributed by atoms with E-state index in [2.05, 4.69) is 10.6 Å². The number of ether oxygens (including phenoxy) is 2. The first-order chi connectivity index (χ1) is 13.7. The minimum atomic E-state index is -0.593. The number of rotatable bonds is 4. The van der Waals surface area contributed by atoms with Gasteiger partial charge in [0.25, 0.3) is 5.91 Å². The van der Waals surface area contributed by atoms with Crippen LogP contribution in [0.1, 0.15) is 31.1 Å². The van der Waals surface area contributed by atoms with Crippen LogP contribution < -0.4 is 15.5 Å². The Morgan fingerprint density at radius 2 is 1.76 bits per heavy atom. The zero-order valence-electron chi connectivity index (χ0n) is 16.5. The summed E-state index contributed by atoms with van der Waals surface area (Å²) in [5.41, 5.74) is 1.56. The number of hydrogen-bond acceptors (Lipinski definition) is 5. The molecule has 0 aliphatic carbocycles. The van der Waals surface area contributed by atoms with E-state index in [9.17, 15) is 14.4 Å². The van der Waals surface area contributed by atoms with Crippen molar-refractivity contribution in [1.29, 1.82) is 0 Å². The fraction of sp³-hybridized carbons (Fsp3) is 0.286. The van der Waals surface area contributed by atoms with Crippen LogP contribution >= 0.6 is 0 Å². The van der Waals surface area contributed by atoms with Gasteiger partial charge >= 0.3 is 12.2 Å². The average molecular weight is 397 g/mol. The third-order valence-electron chi connectivity index (χ3n) is 3.97. The molecule has 29 heavy (non-hydrogen) atoms. The summed E-state index contributed by atoms with van der Waals surface area (Å²) < 4.78 is 10.1. The van der Waals surface area contributed by atoms with E-state index in [1.54, 1.807) is 69.3 Å². The van der Waals surface area contributed by atoms with Crippen molar-refractivity contribution in [1.82, 2.24) is 0 Å². The van der Waals surface area contributed by atoms with Gasteiger partial charge in [-0.3, -0.25) is 15.0 Å². The lowest BCUT2D eigenvalue weighted by atomic mass is 10.2. The van der Waals surface area contributed by atoms with Crippen LogP contribution in [-0.2, 0) is 9.47 Å². The number of amides is 3. The monoisotopic (exact) mass is 397 g/mol. The van der Waals surface area contributed by atoms with Gasteiger partial charge in [-0.1, -0.05) is 6.07 Å². The summed E-state index contributed by atoms with van der Waals surface area (Å²) in [6, 6.07) is 13.4. The van der Waals surface area contributed by atoms with E-state index in [-0.39, 0.29) is 5.91 Å². The molecule has 0 radical (unpaired) electrons. The van der Waals surface area contributed by atoms with Crippen molar-refractivity contribution < 1.29 is 23.9 Å². The summed E-state index contributed by atoms with van der Waals surface area (Å²) in [6.45, 7) is 6.16. The van der Waals surface area contributed by atoms with Crippen LogP contribution in [0, 0.1) is 0 Å². The molecule has 2 aromatic rings. The number of hydrogen-bond donors (Lipinski definition) is 2. The van der Waals surface area contributed by atoms with Crippen molar-refractivity contribution in [3.8, 4) is 0 Å². The lowest BCUT2D eigenvalue weighted by Gasteiger charge is -2.19. The molecule has 1 saturated heterocycles. The fourth-order valence-corrected chi connectivity index (χ4v) is 2.71. The largest absolute Gasteiger partial charge is 0.447 e. The minimum Gasteiger partial charge on any atom is -0.447 e. The van der Waals surface area contributed by atoms with Crippen LogP contribution in [0.2, 0.25) is 0 Å². The quantitative estimate of drug-likeness (QED) is 0.804. The number of benzene rings is 2. The molecule has 0 saturated carbocycles. The van der Waals surface area contributed by atoms with E-state index < -0.39 is 17.8 Å². The third kappa shape index (κ3) is 5.47. The summed E-state index contributed by atoms with van der Waals surface area (Å²) >= 11 is 0. The highest BCUT2D eigenvalue weighted by Gasteiger charge is 2.23. The first-order valence-electron chi connectivity index (χ1n) is 9.17. The standard InChI is InChI=1S/C21H23N3O5/c1-21(2,3)29-19(26)23-15-9-7-14(8-10-15)18(25)22-16-5-4-6-17(13-16)24-11-12-28-20(24)27/h4-10,13H,11-12H2,1-3H3,(H,22,25)(H,23,26). The first kappa shape index (κ1) is 20.2. The van der Waals surface area contributed by atoms with Gasteiger partial charge in [0.05, 0.1) is 6.54 Å². The highest BCUT2D eigenvalue weighted by molar-refractivity contribution is 6.05. The van der Waals surface area contributed by atoms with E-state index in [1.807, 2.05) is 0 Å². The maximum absolute atomic E-state index is 12.5. The molecular weight excluding hydrogens is 374 g/mol. The first-order valence-corrected chi connectivity index (χ1v) is 9.17. The minimum absolute atomic E-state index is 0.310. The summed E-state index contributed by atoms with van der Waals surface area (Å²) in [5.74, 6) is -0.310. The molecule has 1 aliphatic rings. The van der Waals surface area contributed by atoms with Gasteiger partial charge in [-0.15, -0.1) is 0 Å². The third-order valence-corrected chi connectivity index (χ3v) is 3.97. The zero-order chi connectivity index (χ0) is 21.0. The fourth-order valence-electron chi connectivity index (χ4n) is 2.71. The number of nitrogens with zero attached hydrogens (tertiary/aromatic N) is 1. The molecule has 3 rings (SSSR count). The van der Waals surface area contributed by atoms with E-state index in [0.717, 1.165) is 0 Å². The van der Waals surface area contributed by atoms with E-state index >= 15 is 0 Å². The van der Waals surface area contributed by atoms with Gasteiger partial charge < -0.3 is 14.8 Å². The number of cyclic esters (lactones) is 1. The van der Waals surface area contributed by atoms with Crippen molar-refractivity contribution in [2.45, 2.75) is 26.4 Å². The van der Waals surface area contributed by atoms with Gasteiger partial charge in [0, 0.05) is 22.6 Å². The molecule has 1 aliphatic heterocycles. The van der Waals surface area contributed by atoms with Crippen LogP contribution in [0.15, 0.2) is 48.5 Å². The molecular formula is C21H23N3O5. The number of carbonyl (C=O) groups is 3. The van der Waals surface area contributed by atoms with Crippen molar-refractivity contribution in [3.63, 3.8) is 0 Å². The highest BCUT2D eigenvalue weighted by Crippen LogP contribution is 2.23. The van der Waals surface area contributed by atoms with Crippen molar-refractivity contribution in [2.75, 3.05) is 28.7 Å². The summed E-state index contributed by atoms with van der Waals surface area (Å²) in [7, 11) is 0. The molecule has 3 amide bonds. The molecule has 0 spiro atoms. The Hall–Kier alpha value is -3.55. The van der Waals surface area contributed by atoms with Gasteiger partial charge in [0.1, 0.15) is 12.2 Å². The van der Waals surface area contributed by atoms with Gasteiger partial charge in [-0.2, -0.15) is 0 Å². The van der Waals surface area contributed by atoms with Crippen LogP contribution in [-0.4, -0.2) is 36.8 Å². The second-order valence-corrected chi connectivity index (χ2v) is 7.47. The molecule has 8 heteroatoms. The summed E-state index contributed by atoms with van der Waals surface area (Å²) in [5, 5.41) is 5.41. The predicted molar refractivity (Wildman–Crippen MR) is 109 cm³/mol. The van der Waals surface area contributed by atoms with Crippen molar-refractivity contribution >= 4 is 35.2 Å². The van der Waals surface area contributed by atoms with E-state index in [1.165, 1.54) is 4.90 Å². The zero-order valence-corrected chi connectivity index (χ0v) is 16.5.